The molecular formula is C24H27N3OS2. The molecule has 0 spiro atoms. The lowest BCUT2D eigenvalue weighted by Crippen LogP contribution is -2.52. The number of fused-ring (bicyclic) bond motifs is 1. The summed E-state index contributed by atoms with van der Waals surface area (Å²) in [5.74, 6) is 2.76. The number of benzene rings is 2. The Morgan fingerprint density at radius 2 is 1.87 bits per heavy atom. The molecule has 5 rings (SSSR count). The zero-order valence-electron chi connectivity index (χ0n) is 17.3. The van der Waals surface area contributed by atoms with Gasteiger partial charge in [0.25, 0.3) is 0 Å². The molecule has 2 aliphatic heterocycles. The molecule has 1 aromatic heterocycles. The molecule has 0 N–H and O–H groups in total. The van der Waals surface area contributed by atoms with E-state index < -0.39 is 0 Å². The van der Waals surface area contributed by atoms with E-state index in [1.165, 1.54) is 15.8 Å². The summed E-state index contributed by atoms with van der Waals surface area (Å²) in [7, 11) is 0. The van der Waals surface area contributed by atoms with E-state index in [1.54, 1.807) is 11.3 Å². The van der Waals surface area contributed by atoms with Gasteiger partial charge in [-0.2, -0.15) is 11.8 Å². The van der Waals surface area contributed by atoms with Gasteiger partial charge in [-0.25, -0.2) is 4.98 Å². The Hall–Kier alpha value is -2.05. The fourth-order valence-electron chi connectivity index (χ4n) is 4.51. The van der Waals surface area contributed by atoms with Gasteiger partial charge in [0.1, 0.15) is 0 Å². The second kappa shape index (κ2) is 8.60. The first-order valence-corrected chi connectivity index (χ1v) is 12.7. The minimum absolute atomic E-state index is 0.0794. The van der Waals surface area contributed by atoms with Crippen LogP contribution in [-0.2, 0) is 4.79 Å². The van der Waals surface area contributed by atoms with Crippen molar-refractivity contribution < 1.29 is 4.79 Å². The zero-order chi connectivity index (χ0) is 20.5. The van der Waals surface area contributed by atoms with Gasteiger partial charge in [0.15, 0.2) is 5.13 Å². The number of nitrogens with zero attached hydrogens (tertiary/aromatic N) is 3. The van der Waals surface area contributed by atoms with Crippen LogP contribution in [0.15, 0.2) is 48.5 Å². The topological polar surface area (TPSA) is 36.4 Å². The fraction of sp³-hybridized carbons (Fsp3) is 0.417. The summed E-state index contributed by atoms with van der Waals surface area (Å²) < 4.78 is 1.24. The minimum atomic E-state index is 0.0794. The van der Waals surface area contributed by atoms with Gasteiger partial charge in [0, 0.05) is 25.6 Å². The van der Waals surface area contributed by atoms with Crippen LogP contribution in [0.2, 0.25) is 0 Å². The van der Waals surface area contributed by atoms with Gasteiger partial charge in [-0.3, -0.25) is 4.79 Å². The second-order valence-electron chi connectivity index (χ2n) is 8.26. The highest BCUT2D eigenvalue weighted by Crippen LogP contribution is 2.35. The molecule has 4 nitrogen and oxygen atoms in total. The van der Waals surface area contributed by atoms with E-state index in [2.05, 4.69) is 59.2 Å². The van der Waals surface area contributed by atoms with Gasteiger partial charge in [-0.1, -0.05) is 47.7 Å². The maximum Gasteiger partial charge on any atom is 0.226 e. The molecular weight excluding hydrogens is 410 g/mol. The molecule has 2 fully saturated rings. The molecule has 3 aromatic rings. The monoisotopic (exact) mass is 437 g/mol. The Bertz CT molecular complexity index is 1030. The third-order valence-corrected chi connectivity index (χ3v) is 8.35. The van der Waals surface area contributed by atoms with Crippen molar-refractivity contribution in [3.63, 3.8) is 0 Å². The Balaban J connectivity index is 1.43. The molecule has 2 aromatic carbocycles. The number of rotatable bonds is 3. The number of aryl methyl sites for hydroxylation is 1. The zero-order valence-corrected chi connectivity index (χ0v) is 18.9. The highest BCUT2D eigenvalue weighted by Gasteiger charge is 2.36. The number of thiazole rings is 1. The number of anilines is 1. The van der Waals surface area contributed by atoms with Crippen molar-refractivity contribution in [1.82, 2.24) is 9.88 Å². The summed E-state index contributed by atoms with van der Waals surface area (Å²) in [6, 6.07) is 17.0. The van der Waals surface area contributed by atoms with E-state index in [4.69, 9.17) is 4.98 Å². The molecule has 0 radical (unpaired) electrons. The van der Waals surface area contributed by atoms with Crippen molar-refractivity contribution in [3.05, 3.63) is 59.7 Å². The van der Waals surface area contributed by atoms with Crippen LogP contribution in [-0.4, -0.2) is 46.9 Å². The lowest BCUT2D eigenvalue weighted by molar-refractivity contribution is -0.138. The quantitative estimate of drug-likeness (QED) is 0.569. The molecule has 1 atom stereocenters. The Morgan fingerprint density at radius 1 is 1.07 bits per heavy atom. The van der Waals surface area contributed by atoms with E-state index in [9.17, 15) is 4.79 Å². The average Bonchev–Trinajstić information content (AvgIpc) is 3.22. The third kappa shape index (κ3) is 3.95. The number of amides is 1. The molecule has 156 valence electrons. The second-order valence-corrected chi connectivity index (χ2v) is 10.5. The van der Waals surface area contributed by atoms with Crippen molar-refractivity contribution in [2.75, 3.05) is 36.0 Å². The Morgan fingerprint density at radius 3 is 2.67 bits per heavy atom. The molecule has 6 heteroatoms. The largest absolute Gasteiger partial charge is 0.344 e. The van der Waals surface area contributed by atoms with E-state index in [-0.39, 0.29) is 12.0 Å². The highest BCUT2D eigenvalue weighted by molar-refractivity contribution is 7.99. The first-order valence-electron chi connectivity index (χ1n) is 10.7. The number of thioether (sulfide) groups is 1. The fourth-order valence-corrected chi connectivity index (χ4v) is 6.72. The molecule has 1 amide bonds. The van der Waals surface area contributed by atoms with Gasteiger partial charge < -0.3 is 9.80 Å². The van der Waals surface area contributed by atoms with E-state index in [1.807, 2.05) is 17.8 Å². The molecule has 1 unspecified atom stereocenters. The number of aromatic nitrogens is 1. The smallest absolute Gasteiger partial charge is 0.226 e. The highest BCUT2D eigenvalue weighted by atomic mass is 32.2. The van der Waals surface area contributed by atoms with E-state index >= 15 is 0 Å². The van der Waals surface area contributed by atoms with Crippen LogP contribution in [0, 0.1) is 12.8 Å². The molecule has 3 heterocycles. The number of hydrogen-bond donors (Lipinski definition) is 0. The van der Waals surface area contributed by atoms with Crippen LogP contribution in [0.5, 0.6) is 0 Å². The molecule has 0 aliphatic carbocycles. The third-order valence-electron chi connectivity index (χ3n) is 6.22. The van der Waals surface area contributed by atoms with Crippen molar-refractivity contribution in [3.8, 4) is 0 Å². The summed E-state index contributed by atoms with van der Waals surface area (Å²) in [6.45, 7) is 4.53. The van der Waals surface area contributed by atoms with Gasteiger partial charge in [0.05, 0.1) is 16.3 Å². The van der Waals surface area contributed by atoms with Crippen molar-refractivity contribution >= 4 is 44.4 Å². The van der Waals surface area contributed by atoms with Crippen LogP contribution in [0.3, 0.4) is 0 Å². The Kier molecular flexibility index (Phi) is 5.70. The summed E-state index contributed by atoms with van der Waals surface area (Å²) in [5, 5.41) is 1.07. The average molecular weight is 438 g/mol. The lowest BCUT2D eigenvalue weighted by Gasteiger charge is -2.43. The lowest BCUT2D eigenvalue weighted by atomic mass is 9.96. The molecule has 30 heavy (non-hydrogen) atoms. The maximum atomic E-state index is 13.4. The first-order chi connectivity index (χ1) is 14.7. The van der Waals surface area contributed by atoms with E-state index in [0.29, 0.717) is 5.91 Å². The van der Waals surface area contributed by atoms with E-state index in [0.717, 1.165) is 54.6 Å². The summed E-state index contributed by atoms with van der Waals surface area (Å²) in [5.41, 5.74) is 3.55. The van der Waals surface area contributed by atoms with Gasteiger partial charge in [0.2, 0.25) is 5.91 Å². The van der Waals surface area contributed by atoms with Crippen molar-refractivity contribution in [2.24, 2.45) is 5.92 Å². The van der Waals surface area contributed by atoms with Gasteiger partial charge >= 0.3 is 0 Å². The molecule has 0 bridgehead atoms. The normalized spacial score (nSPS) is 20.6. The molecule has 0 saturated carbocycles. The van der Waals surface area contributed by atoms with Crippen molar-refractivity contribution in [2.45, 2.75) is 25.8 Å². The van der Waals surface area contributed by atoms with Crippen LogP contribution in [0.1, 0.15) is 30.0 Å². The number of carbonyl (C=O) groups is 1. The Labute approximate surface area is 186 Å². The van der Waals surface area contributed by atoms with Crippen molar-refractivity contribution in [1.29, 1.82) is 0 Å². The van der Waals surface area contributed by atoms with Crippen LogP contribution in [0.4, 0.5) is 5.13 Å². The van der Waals surface area contributed by atoms with Gasteiger partial charge in [-0.05, 0) is 54.5 Å². The number of piperazine rings is 1. The maximum absolute atomic E-state index is 13.4. The predicted octanol–water partition coefficient (Wildman–Crippen LogP) is 5.14. The number of carbonyl (C=O) groups excluding carboxylic acids is 1. The van der Waals surface area contributed by atoms with Crippen LogP contribution < -0.4 is 4.90 Å². The molecule has 2 aliphatic rings. The standard InChI is InChI=1S/C24H27N3OS2/c1-17-7-8-20-22(15-17)30-24(25-20)26-11-12-27(23(28)19-9-13-29-14-10-19)21(16-26)18-5-3-2-4-6-18/h2-8,15,19,21H,9-14,16H2,1H3. The number of hydrogen-bond acceptors (Lipinski definition) is 5. The predicted molar refractivity (Wildman–Crippen MR) is 128 cm³/mol. The summed E-state index contributed by atoms with van der Waals surface area (Å²) >= 11 is 3.74. The first kappa shape index (κ1) is 19.9. The molecule has 2 saturated heterocycles. The minimum Gasteiger partial charge on any atom is -0.344 e. The summed E-state index contributed by atoms with van der Waals surface area (Å²) in [4.78, 5) is 22.9. The summed E-state index contributed by atoms with van der Waals surface area (Å²) in [6.07, 6.45) is 2.03. The van der Waals surface area contributed by atoms with Gasteiger partial charge in [-0.15, -0.1) is 0 Å². The SMILES string of the molecule is Cc1ccc2nc(N3CCN(C(=O)C4CCSCC4)C(c4ccccc4)C3)sc2c1. The van der Waals surface area contributed by atoms with Crippen LogP contribution >= 0.6 is 23.1 Å². The van der Waals surface area contributed by atoms with Crippen LogP contribution in [0.25, 0.3) is 10.2 Å².